The van der Waals surface area contributed by atoms with Crippen molar-refractivity contribution in [3.63, 3.8) is 0 Å². The Morgan fingerprint density at radius 3 is 2.37 bits per heavy atom. The van der Waals surface area contributed by atoms with Gasteiger partial charge in [-0.1, -0.05) is 74.3 Å². The molecule has 1 heterocycles. The smallest absolute Gasteiger partial charge is 0.103 e. The maximum Gasteiger partial charge on any atom is 0.103 e. The first-order valence-electron chi connectivity index (χ1n) is 6.11. The van der Waals surface area contributed by atoms with E-state index in [2.05, 4.69) is 92.3 Å². The molecular weight excluding hydrogens is 366 g/mol. The second-order valence-electron chi connectivity index (χ2n) is 4.70. The second-order valence-corrected chi connectivity index (χ2v) is 8.94. The van der Waals surface area contributed by atoms with E-state index in [1.165, 1.54) is 16.5 Å². The topological polar surface area (TPSA) is 15.8 Å². The van der Waals surface area contributed by atoms with Gasteiger partial charge in [-0.15, -0.1) is 0 Å². The van der Waals surface area contributed by atoms with Crippen molar-refractivity contribution in [3.8, 4) is 11.3 Å². The monoisotopic (exact) mass is 377 g/mol. The van der Waals surface area contributed by atoms with Crippen molar-refractivity contribution in [3.05, 3.63) is 60.2 Å². The lowest BCUT2D eigenvalue weighted by atomic mass is 10.1. The van der Waals surface area contributed by atoms with Gasteiger partial charge in [0.15, 0.2) is 0 Å². The number of rotatable bonds is 2. The summed E-state index contributed by atoms with van der Waals surface area (Å²) in [6, 6.07) is 18.9. The van der Waals surface area contributed by atoms with Crippen LogP contribution in [-0.2, 0) is 3.23 Å². The number of fused-ring (bicyclic) bond motifs is 1. The van der Waals surface area contributed by atoms with Gasteiger partial charge in [-0.3, -0.25) is 0 Å². The summed E-state index contributed by atoms with van der Waals surface area (Å²) in [5.74, 6) is 0. The fourth-order valence-electron chi connectivity index (χ4n) is 2.31. The summed E-state index contributed by atoms with van der Waals surface area (Å²) in [4.78, 5) is 3.48. The highest BCUT2D eigenvalue weighted by Gasteiger charge is 2.21. The lowest BCUT2D eigenvalue weighted by Crippen LogP contribution is -2.01. The van der Waals surface area contributed by atoms with Gasteiger partial charge < -0.3 is 4.98 Å². The standard InChI is InChI=1S/C16H13Br2N/c1-16(17,18)13-8-5-9-14-12(13)10-15(19-14)11-6-3-2-4-7-11/h2-10,19H,1H3. The number of benzene rings is 2. The van der Waals surface area contributed by atoms with Crippen LogP contribution < -0.4 is 0 Å². The molecule has 19 heavy (non-hydrogen) atoms. The number of aromatic amines is 1. The van der Waals surface area contributed by atoms with Crippen LogP contribution in [0.25, 0.3) is 22.2 Å². The molecule has 0 saturated heterocycles. The van der Waals surface area contributed by atoms with Crippen molar-refractivity contribution < 1.29 is 0 Å². The van der Waals surface area contributed by atoms with Gasteiger partial charge in [0.25, 0.3) is 0 Å². The Balaban J connectivity index is 2.22. The molecule has 1 nitrogen and oxygen atoms in total. The van der Waals surface area contributed by atoms with Crippen LogP contribution in [0.4, 0.5) is 0 Å². The number of alkyl halides is 2. The minimum absolute atomic E-state index is 0.213. The SMILES string of the molecule is CC(Br)(Br)c1cccc2[nH]c(-c3ccccc3)cc12. The third-order valence-corrected chi connectivity index (χ3v) is 4.08. The predicted octanol–water partition coefficient (Wildman–Crippen LogP) is 5.80. The van der Waals surface area contributed by atoms with Gasteiger partial charge in [0.05, 0.1) is 0 Å². The zero-order valence-electron chi connectivity index (χ0n) is 10.5. The summed E-state index contributed by atoms with van der Waals surface area (Å²) in [7, 11) is 0. The summed E-state index contributed by atoms with van der Waals surface area (Å²) in [6.45, 7) is 2.09. The molecule has 0 atom stereocenters. The fourth-order valence-corrected chi connectivity index (χ4v) is 3.00. The van der Waals surface area contributed by atoms with Crippen molar-refractivity contribution in [2.45, 2.75) is 10.2 Å². The number of hydrogen-bond acceptors (Lipinski definition) is 0. The molecule has 0 saturated carbocycles. The molecule has 0 aliphatic rings. The molecule has 0 spiro atoms. The molecule has 3 rings (SSSR count). The summed E-state index contributed by atoms with van der Waals surface area (Å²) in [6.07, 6.45) is 0. The molecule has 0 unspecified atom stereocenters. The lowest BCUT2D eigenvalue weighted by Gasteiger charge is -2.15. The first-order chi connectivity index (χ1) is 9.05. The van der Waals surface area contributed by atoms with Crippen LogP contribution in [0.2, 0.25) is 0 Å². The largest absolute Gasteiger partial charge is 0.355 e. The van der Waals surface area contributed by atoms with Crippen molar-refractivity contribution in [1.29, 1.82) is 0 Å². The van der Waals surface area contributed by atoms with E-state index in [-0.39, 0.29) is 3.23 Å². The Morgan fingerprint density at radius 2 is 1.68 bits per heavy atom. The summed E-state index contributed by atoms with van der Waals surface area (Å²) >= 11 is 7.35. The number of aromatic nitrogens is 1. The van der Waals surface area contributed by atoms with Gasteiger partial charge in [0.2, 0.25) is 0 Å². The van der Waals surface area contributed by atoms with Gasteiger partial charge in [0, 0.05) is 16.6 Å². The average molecular weight is 379 g/mol. The van der Waals surface area contributed by atoms with Crippen LogP contribution >= 0.6 is 31.9 Å². The van der Waals surface area contributed by atoms with Gasteiger partial charge in [-0.25, -0.2) is 0 Å². The van der Waals surface area contributed by atoms with Crippen LogP contribution in [0, 0.1) is 0 Å². The molecule has 0 aliphatic carbocycles. The van der Waals surface area contributed by atoms with Crippen molar-refractivity contribution in [1.82, 2.24) is 4.98 Å². The highest BCUT2D eigenvalue weighted by Crippen LogP contribution is 2.41. The Labute approximate surface area is 129 Å². The molecular formula is C16H13Br2N. The highest BCUT2D eigenvalue weighted by atomic mass is 79.9. The Kier molecular flexibility index (Phi) is 3.27. The van der Waals surface area contributed by atoms with Crippen LogP contribution in [0.1, 0.15) is 12.5 Å². The number of hydrogen-bond donors (Lipinski definition) is 1. The molecule has 3 heteroatoms. The Hall–Kier alpha value is -1.06. The molecule has 1 N–H and O–H groups in total. The fraction of sp³-hybridized carbons (Fsp3) is 0.125. The van der Waals surface area contributed by atoms with Crippen LogP contribution in [0.3, 0.4) is 0 Å². The van der Waals surface area contributed by atoms with Crippen LogP contribution in [0.15, 0.2) is 54.6 Å². The molecule has 1 aromatic heterocycles. The molecule has 3 aromatic rings. The van der Waals surface area contributed by atoms with Crippen LogP contribution in [-0.4, -0.2) is 4.98 Å². The third-order valence-electron chi connectivity index (χ3n) is 3.22. The van der Waals surface area contributed by atoms with E-state index in [0.717, 1.165) is 11.2 Å². The zero-order chi connectivity index (χ0) is 13.5. The quantitative estimate of drug-likeness (QED) is 0.542. The summed E-state index contributed by atoms with van der Waals surface area (Å²) in [5.41, 5.74) is 4.73. The zero-order valence-corrected chi connectivity index (χ0v) is 13.6. The molecule has 0 amide bonds. The maximum absolute atomic E-state index is 3.68. The van der Waals surface area contributed by atoms with Gasteiger partial charge >= 0.3 is 0 Å². The third kappa shape index (κ3) is 2.49. The average Bonchev–Trinajstić information content (AvgIpc) is 2.82. The van der Waals surface area contributed by atoms with E-state index in [1.807, 2.05) is 6.07 Å². The summed E-state index contributed by atoms with van der Waals surface area (Å²) < 4.78 is -0.213. The molecule has 0 fully saturated rings. The van der Waals surface area contributed by atoms with E-state index >= 15 is 0 Å². The summed E-state index contributed by atoms with van der Waals surface area (Å²) in [5, 5.41) is 1.23. The molecule has 2 aromatic carbocycles. The van der Waals surface area contributed by atoms with E-state index in [4.69, 9.17) is 0 Å². The number of nitrogens with one attached hydrogen (secondary N) is 1. The van der Waals surface area contributed by atoms with Gasteiger partial charge in [-0.2, -0.15) is 0 Å². The number of H-pyrrole nitrogens is 1. The second kappa shape index (κ2) is 4.80. The van der Waals surface area contributed by atoms with E-state index in [0.29, 0.717) is 0 Å². The van der Waals surface area contributed by atoms with E-state index < -0.39 is 0 Å². The number of halogens is 2. The Bertz CT molecular complexity index is 708. The van der Waals surface area contributed by atoms with E-state index in [1.54, 1.807) is 0 Å². The van der Waals surface area contributed by atoms with Crippen molar-refractivity contribution >= 4 is 42.8 Å². The molecule has 0 radical (unpaired) electrons. The molecule has 0 aliphatic heterocycles. The maximum atomic E-state index is 3.68. The van der Waals surface area contributed by atoms with Crippen LogP contribution in [0.5, 0.6) is 0 Å². The van der Waals surface area contributed by atoms with Gasteiger partial charge in [0.1, 0.15) is 3.23 Å². The minimum Gasteiger partial charge on any atom is -0.355 e. The minimum atomic E-state index is -0.213. The predicted molar refractivity (Wildman–Crippen MR) is 88.9 cm³/mol. The first kappa shape index (κ1) is 12.9. The normalized spacial score (nSPS) is 11.9. The van der Waals surface area contributed by atoms with Gasteiger partial charge in [-0.05, 0) is 30.2 Å². The first-order valence-corrected chi connectivity index (χ1v) is 7.70. The molecule has 96 valence electrons. The highest BCUT2D eigenvalue weighted by molar-refractivity contribution is 9.24. The lowest BCUT2D eigenvalue weighted by molar-refractivity contribution is 1.08. The van der Waals surface area contributed by atoms with E-state index in [9.17, 15) is 0 Å². The Morgan fingerprint density at radius 1 is 0.947 bits per heavy atom. The molecule has 0 bridgehead atoms. The van der Waals surface area contributed by atoms with Crippen molar-refractivity contribution in [2.24, 2.45) is 0 Å². The van der Waals surface area contributed by atoms with Crippen molar-refractivity contribution in [2.75, 3.05) is 0 Å².